The topological polar surface area (TPSA) is 42.2 Å². The Labute approximate surface area is 108 Å². The van der Waals surface area contributed by atoms with Crippen molar-refractivity contribution >= 4 is 11.6 Å². The number of nitrogens with two attached hydrogens (primary N) is 1. The van der Waals surface area contributed by atoms with Crippen LogP contribution in [-0.2, 0) is 6.54 Å². The van der Waals surface area contributed by atoms with Gasteiger partial charge in [0.15, 0.2) is 0 Å². The van der Waals surface area contributed by atoms with Crippen LogP contribution < -0.4 is 5.73 Å². The zero-order valence-corrected chi connectivity index (χ0v) is 11.0. The maximum atomic E-state index is 5.98. The Balaban J connectivity index is 2.06. The van der Waals surface area contributed by atoms with E-state index in [0.717, 1.165) is 30.4 Å². The number of nitrogens with zero attached hydrogens (tertiary/aromatic N) is 2. The van der Waals surface area contributed by atoms with Crippen molar-refractivity contribution in [2.24, 2.45) is 11.7 Å². The number of hydrogen-bond donors (Lipinski definition) is 1. The normalized spacial score (nSPS) is 26.1. The van der Waals surface area contributed by atoms with Crippen molar-refractivity contribution in [1.82, 2.24) is 9.88 Å². The van der Waals surface area contributed by atoms with Gasteiger partial charge in [-0.1, -0.05) is 18.5 Å². The highest BCUT2D eigenvalue weighted by Gasteiger charge is 2.27. The van der Waals surface area contributed by atoms with E-state index in [4.69, 9.17) is 17.3 Å². The molecule has 2 unspecified atom stereocenters. The number of halogens is 1. The predicted molar refractivity (Wildman–Crippen MR) is 70.9 cm³/mol. The first-order valence-electron chi connectivity index (χ1n) is 6.25. The Morgan fingerprint density at radius 2 is 2.41 bits per heavy atom. The van der Waals surface area contributed by atoms with E-state index < -0.39 is 0 Å². The molecule has 3 nitrogen and oxygen atoms in total. The van der Waals surface area contributed by atoms with Crippen LogP contribution in [0.15, 0.2) is 18.3 Å². The quantitative estimate of drug-likeness (QED) is 0.899. The third-order valence-electron chi connectivity index (χ3n) is 3.62. The Morgan fingerprint density at radius 1 is 1.59 bits per heavy atom. The van der Waals surface area contributed by atoms with Gasteiger partial charge in [-0.25, -0.2) is 0 Å². The molecule has 1 aliphatic heterocycles. The van der Waals surface area contributed by atoms with Gasteiger partial charge in [0, 0.05) is 30.4 Å². The summed E-state index contributed by atoms with van der Waals surface area (Å²) < 4.78 is 0. The molecule has 1 aromatic rings. The summed E-state index contributed by atoms with van der Waals surface area (Å²) >= 11 is 5.98. The fourth-order valence-electron chi connectivity index (χ4n) is 2.66. The van der Waals surface area contributed by atoms with Gasteiger partial charge in [-0.2, -0.15) is 0 Å². The fourth-order valence-corrected chi connectivity index (χ4v) is 2.84. The first kappa shape index (κ1) is 12.8. The predicted octanol–water partition coefficient (Wildman–Crippen LogP) is 2.29. The van der Waals surface area contributed by atoms with Crippen molar-refractivity contribution in [3.05, 3.63) is 29.0 Å². The van der Waals surface area contributed by atoms with Gasteiger partial charge in [0.1, 0.15) is 0 Å². The lowest BCUT2D eigenvalue weighted by Gasteiger charge is -2.39. The van der Waals surface area contributed by atoms with Crippen molar-refractivity contribution in [3.8, 4) is 0 Å². The molecule has 0 spiro atoms. The number of aromatic nitrogens is 1. The van der Waals surface area contributed by atoms with Crippen LogP contribution in [0.4, 0.5) is 0 Å². The summed E-state index contributed by atoms with van der Waals surface area (Å²) in [6.07, 6.45) is 4.29. The van der Waals surface area contributed by atoms with Crippen LogP contribution in [0.1, 0.15) is 25.5 Å². The van der Waals surface area contributed by atoms with E-state index in [1.165, 1.54) is 12.8 Å². The zero-order valence-electron chi connectivity index (χ0n) is 10.3. The first-order chi connectivity index (χ1) is 8.20. The third-order valence-corrected chi connectivity index (χ3v) is 3.85. The molecule has 0 aromatic carbocycles. The molecule has 0 aliphatic carbocycles. The van der Waals surface area contributed by atoms with Crippen molar-refractivity contribution < 1.29 is 0 Å². The molecule has 94 valence electrons. The molecular formula is C13H20ClN3. The minimum Gasteiger partial charge on any atom is -0.329 e. The van der Waals surface area contributed by atoms with Crippen LogP contribution in [0.2, 0.25) is 5.02 Å². The second-order valence-corrected chi connectivity index (χ2v) is 5.29. The van der Waals surface area contributed by atoms with Crippen molar-refractivity contribution in [1.29, 1.82) is 0 Å². The van der Waals surface area contributed by atoms with Gasteiger partial charge in [-0.05, 0) is 37.4 Å². The summed E-state index contributed by atoms with van der Waals surface area (Å²) in [4.78, 5) is 6.80. The van der Waals surface area contributed by atoms with Gasteiger partial charge in [0.2, 0.25) is 0 Å². The van der Waals surface area contributed by atoms with Crippen molar-refractivity contribution in [2.75, 3.05) is 13.1 Å². The van der Waals surface area contributed by atoms with E-state index in [0.29, 0.717) is 12.0 Å². The standard InChI is InChI=1S/C13H20ClN3/c1-10-3-2-6-17(13(10)8-15)9-12-7-11(14)4-5-16-12/h4-5,7,10,13H,2-3,6,8-9,15H2,1H3. The highest BCUT2D eigenvalue weighted by Crippen LogP contribution is 2.24. The molecule has 2 atom stereocenters. The van der Waals surface area contributed by atoms with Crippen LogP contribution in [0, 0.1) is 5.92 Å². The van der Waals surface area contributed by atoms with E-state index in [2.05, 4.69) is 16.8 Å². The summed E-state index contributed by atoms with van der Waals surface area (Å²) in [7, 11) is 0. The highest BCUT2D eigenvalue weighted by atomic mass is 35.5. The van der Waals surface area contributed by atoms with E-state index in [-0.39, 0.29) is 0 Å². The number of piperidine rings is 1. The molecule has 2 heterocycles. The average Bonchev–Trinajstić information content (AvgIpc) is 2.29. The Bertz CT molecular complexity index is 369. The lowest BCUT2D eigenvalue weighted by molar-refractivity contribution is 0.0978. The van der Waals surface area contributed by atoms with Gasteiger partial charge in [0.05, 0.1) is 5.69 Å². The Morgan fingerprint density at radius 3 is 3.12 bits per heavy atom. The second-order valence-electron chi connectivity index (χ2n) is 4.86. The summed E-state index contributed by atoms with van der Waals surface area (Å²) in [6.45, 7) is 4.98. The number of hydrogen-bond acceptors (Lipinski definition) is 3. The molecule has 1 saturated heterocycles. The summed E-state index contributed by atoms with van der Waals surface area (Å²) in [5.41, 5.74) is 6.91. The van der Waals surface area contributed by atoms with E-state index >= 15 is 0 Å². The molecule has 2 rings (SSSR count). The second kappa shape index (κ2) is 5.80. The van der Waals surface area contributed by atoms with Crippen LogP contribution in [0.5, 0.6) is 0 Å². The number of pyridine rings is 1. The van der Waals surface area contributed by atoms with Gasteiger partial charge in [-0.3, -0.25) is 9.88 Å². The molecule has 0 amide bonds. The molecule has 1 fully saturated rings. The molecule has 1 aliphatic rings. The van der Waals surface area contributed by atoms with Crippen LogP contribution in [0.25, 0.3) is 0 Å². The van der Waals surface area contributed by atoms with Crippen molar-refractivity contribution in [2.45, 2.75) is 32.4 Å². The Hall–Kier alpha value is -0.640. The molecule has 0 radical (unpaired) electrons. The van der Waals surface area contributed by atoms with Gasteiger partial charge >= 0.3 is 0 Å². The molecule has 4 heteroatoms. The maximum absolute atomic E-state index is 5.98. The largest absolute Gasteiger partial charge is 0.329 e. The highest BCUT2D eigenvalue weighted by molar-refractivity contribution is 6.30. The summed E-state index contributed by atoms with van der Waals surface area (Å²) in [6, 6.07) is 4.23. The van der Waals surface area contributed by atoms with Gasteiger partial charge in [-0.15, -0.1) is 0 Å². The van der Waals surface area contributed by atoms with Crippen molar-refractivity contribution in [3.63, 3.8) is 0 Å². The number of rotatable bonds is 3. The Kier molecular flexibility index (Phi) is 4.37. The minimum atomic E-state index is 0.476. The third kappa shape index (κ3) is 3.18. The van der Waals surface area contributed by atoms with Gasteiger partial charge in [0.25, 0.3) is 0 Å². The molecular weight excluding hydrogens is 234 g/mol. The molecule has 0 saturated carbocycles. The minimum absolute atomic E-state index is 0.476. The number of likely N-dealkylation sites (tertiary alicyclic amines) is 1. The first-order valence-corrected chi connectivity index (χ1v) is 6.63. The molecule has 0 bridgehead atoms. The summed E-state index contributed by atoms with van der Waals surface area (Å²) in [5, 5.41) is 0.754. The SMILES string of the molecule is CC1CCCN(Cc2cc(Cl)ccn2)C1CN. The zero-order chi connectivity index (χ0) is 12.3. The van der Waals surface area contributed by atoms with E-state index in [1.807, 2.05) is 12.1 Å². The molecule has 1 aromatic heterocycles. The van der Waals surface area contributed by atoms with E-state index in [1.54, 1.807) is 6.20 Å². The average molecular weight is 254 g/mol. The van der Waals surface area contributed by atoms with Crippen LogP contribution in [0.3, 0.4) is 0 Å². The smallest absolute Gasteiger partial charge is 0.0558 e. The molecule has 17 heavy (non-hydrogen) atoms. The van der Waals surface area contributed by atoms with E-state index in [9.17, 15) is 0 Å². The van der Waals surface area contributed by atoms with Gasteiger partial charge < -0.3 is 5.73 Å². The monoisotopic (exact) mass is 253 g/mol. The lowest BCUT2D eigenvalue weighted by atomic mass is 9.90. The van der Waals surface area contributed by atoms with Crippen LogP contribution in [-0.4, -0.2) is 29.0 Å². The summed E-state index contributed by atoms with van der Waals surface area (Å²) in [5.74, 6) is 0.674. The van der Waals surface area contributed by atoms with Crippen LogP contribution >= 0.6 is 11.6 Å². The molecule has 2 N–H and O–H groups in total. The maximum Gasteiger partial charge on any atom is 0.0558 e. The lowest BCUT2D eigenvalue weighted by Crippen LogP contribution is -2.48. The fraction of sp³-hybridized carbons (Fsp3) is 0.615.